The number of aliphatic carboxylic acids is 1. The van der Waals surface area contributed by atoms with Crippen LogP contribution in [0.4, 0.5) is 0 Å². The van der Waals surface area contributed by atoms with Crippen molar-refractivity contribution in [3.05, 3.63) is 29.8 Å². The number of nitrogens with one attached hydrogen (secondary N) is 3. The summed E-state index contributed by atoms with van der Waals surface area (Å²) in [6.07, 6.45) is 2.69. The van der Waals surface area contributed by atoms with Crippen molar-refractivity contribution >= 4 is 35.5 Å². The zero-order valence-corrected chi connectivity index (χ0v) is 20.9. The number of phenols is 1. The molecule has 3 amide bonds. The average molecular weight is 497 g/mol. The summed E-state index contributed by atoms with van der Waals surface area (Å²) in [7, 11) is 0. The summed E-state index contributed by atoms with van der Waals surface area (Å²) < 4.78 is 0. The highest BCUT2D eigenvalue weighted by molar-refractivity contribution is 7.98. The number of benzene rings is 1. The molecule has 1 aromatic carbocycles. The maximum Gasteiger partial charge on any atom is 0.326 e. The van der Waals surface area contributed by atoms with Gasteiger partial charge in [-0.25, -0.2) is 4.79 Å². The lowest BCUT2D eigenvalue weighted by Crippen LogP contribution is -2.56. The van der Waals surface area contributed by atoms with Gasteiger partial charge in [0.2, 0.25) is 17.7 Å². The molecule has 0 aliphatic rings. The maximum absolute atomic E-state index is 12.8. The molecule has 0 radical (unpaired) electrons. The third-order valence-electron chi connectivity index (χ3n) is 5.05. The number of rotatable bonds is 14. The number of aromatic hydroxyl groups is 1. The maximum atomic E-state index is 12.8. The number of hydrogen-bond donors (Lipinski definition) is 6. The van der Waals surface area contributed by atoms with E-state index >= 15 is 0 Å². The van der Waals surface area contributed by atoms with E-state index in [1.165, 1.54) is 30.8 Å². The Hall–Kier alpha value is -2.79. The molecule has 0 spiro atoms. The molecule has 4 unspecified atom stereocenters. The van der Waals surface area contributed by atoms with Gasteiger partial charge in [-0.1, -0.05) is 26.0 Å². The van der Waals surface area contributed by atoms with E-state index in [0.29, 0.717) is 24.2 Å². The van der Waals surface area contributed by atoms with Gasteiger partial charge in [-0.05, 0) is 55.4 Å². The Morgan fingerprint density at radius 3 is 2.06 bits per heavy atom. The quantitative estimate of drug-likeness (QED) is 0.218. The second kappa shape index (κ2) is 14.5. The minimum absolute atomic E-state index is 0.00215. The van der Waals surface area contributed by atoms with Crippen molar-refractivity contribution in [1.82, 2.24) is 16.0 Å². The van der Waals surface area contributed by atoms with Gasteiger partial charge < -0.3 is 31.9 Å². The van der Waals surface area contributed by atoms with Crippen LogP contribution in [-0.2, 0) is 25.6 Å². The minimum Gasteiger partial charge on any atom is -0.508 e. The Morgan fingerprint density at radius 1 is 0.941 bits per heavy atom. The molecular weight excluding hydrogens is 460 g/mol. The Kier molecular flexibility index (Phi) is 12.4. The fourth-order valence-electron chi connectivity index (χ4n) is 3.14. The standard InChI is InChI=1S/C23H36N4O6S/c1-13(2)11-17(24)21(30)26-18(9-10-34-4)22(31)25-14(3)20(29)27-19(23(32)33)12-15-5-7-16(28)8-6-15/h5-8,13-14,17-19,28H,9-12,24H2,1-4H3,(H,25,31)(H,26,30)(H,27,29)(H,32,33). The molecule has 0 aromatic heterocycles. The van der Waals surface area contributed by atoms with Crippen LogP contribution in [0.1, 0.15) is 39.2 Å². The summed E-state index contributed by atoms with van der Waals surface area (Å²) in [4.78, 5) is 49.4. The second-order valence-electron chi connectivity index (χ2n) is 8.58. The highest BCUT2D eigenvalue weighted by Gasteiger charge is 2.28. The first-order chi connectivity index (χ1) is 15.9. The summed E-state index contributed by atoms with van der Waals surface area (Å²) in [5, 5.41) is 26.5. The molecule has 0 aliphatic heterocycles. The number of amides is 3. The van der Waals surface area contributed by atoms with Crippen molar-refractivity contribution in [3.8, 4) is 5.75 Å². The number of carbonyl (C=O) groups is 4. The predicted molar refractivity (Wildman–Crippen MR) is 131 cm³/mol. The molecule has 10 nitrogen and oxygen atoms in total. The topological polar surface area (TPSA) is 171 Å². The van der Waals surface area contributed by atoms with Crippen molar-refractivity contribution in [2.24, 2.45) is 11.7 Å². The normalized spacial score (nSPS) is 14.5. The number of nitrogens with two attached hydrogens (primary N) is 1. The lowest BCUT2D eigenvalue weighted by Gasteiger charge is -2.24. The van der Waals surface area contributed by atoms with E-state index in [0.717, 1.165) is 0 Å². The summed E-state index contributed by atoms with van der Waals surface area (Å²) in [6, 6.07) is 2.09. The van der Waals surface area contributed by atoms with Crippen molar-refractivity contribution in [2.45, 2.75) is 64.2 Å². The second-order valence-corrected chi connectivity index (χ2v) is 9.56. The van der Waals surface area contributed by atoms with Crippen LogP contribution in [0, 0.1) is 5.92 Å². The van der Waals surface area contributed by atoms with Crippen LogP contribution in [0.3, 0.4) is 0 Å². The third kappa shape index (κ3) is 10.4. The summed E-state index contributed by atoms with van der Waals surface area (Å²) in [5.74, 6) is -2.03. The molecule has 11 heteroatoms. The molecular formula is C23H36N4O6S. The van der Waals surface area contributed by atoms with E-state index in [-0.39, 0.29) is 18.1 Å². The first kappa shape index (κ1) is 29.2. The van der Waals surface area contributed by atoms with Gasteiger partial charge in [0.15, 0.2) is 0 Å². The van der Waals surface area contributed by atoms with Crippen LogP contribution in [0.15, 0.2) is 24.3 Å². The summed E-state index contributed by atoms with van der Waals surface area (Å²) >= 11 is 1.51. The van der Waals surface area contributed by atoms with Crippen molar-refractivity contribution < 1.29 is 29.4 Å². The van der Waals surface area contributed by atoms with Crippen molar-refractivity contribution in [2.75, 3.05) is 12.0 Å². The van der Waals surface area contributed by atoms with Crippen LogP contribution in [0.5, 0.6) is 5.75 Å². The fourth-order valence-corrected chi connectivity index (χ4v) is 3.61. The molecule has 0 aliphatic carbocycles. The average Bonchev–Trinajstić information content (AvgIpc) is 2.76. The van der Waals surface area contributed by atoms with E-state index in [4.69, 9.17) is 5.73 Å². The van der Waals surface area contributed by atoms with E-state index in [1.807, 2.05) is 20.1 Å². The van der Waals surface area contributed by atoms with E-state index in [2.05, 4.69) is 16.0 Å². The number of thioether (sulfide) groups is 1. The third-order valence-corrected chi connectivity index (χ3v) is 5.69. The van der Waals surface area contributed by atoms with Crippen LogP contribution in [0.2, 0.25) is 0 Å². The van der Waals surface area contributed by atoms with Gasteiger partial charge in [0.1, 0.15) is 23.9 Å². The smallest absolute Gasteiger partial charge is 0.326 e. The monoisotopic (exact) mass is 496 g/mol. The zero-order valence-electron chi connectivity index (χ0n) is 20.0. The highest BCUT2D eigenvalue weighted by Crippen LogP contribution is 2.12. The van der Waals surface area contributed by atoms with Gasteiger partial charge in [0.25, 0.3) is 0 Å². The van der Waals surface area contributed by atoms with Gasteiger partial charge >= 0.3 is 5.97 Å². The summed E-state index contributed by atoms with van der Waals surface area (Å²) in [5.41, 5.74) is 6.53. The summed E-state index contributed by atoms with van der Waals surface area (Å²) in [6.45, 7) is 5.32. The molecule has 4 atom stereocenters. The van der Waals surface area contributed by atoms with Crippen LogP contribution in [0.25, 0.3) is 0 Å². The molecule has 0 fully saturated rings. The van der Waals surface area contributed by atoms with Gasteiger partial charge in [0, 0.05) is 6.42 Å². The largest absolute Gasteiger partial charge is 0.508 e. The minimum atomic E-state index is -1.23. The number of hydrogen-bond acceptors (Lipinski definition) is 7. The van der Waals surface area contributed by atoms with E-state index in [1.54, 1.807) is 12.1 Å². The fraction of sp³-hybridized carbons (Fsp3) is 0.565. The molecule has 0 saturated heterocycles. The van der Waals surface area contributed by atoms with Gasteiger partial charge in [-0.2, -0.15) is 11.8 Å². The molecule has 190 valence electrons. The highest BCUT2D eigenvalue weighted by atomic mass is 32.2. The molecule has 1 aromatic rings. The Labute approximate surface area is 204 Å². The van der Waals surface area contributed by atoms with Crippen molar-refractivity contribution in [3.63, 3.8) is 0 Å². The number of carboxylic acid groups (broad SMARTS) is 1. The zero-order chi connectivity index (χ0) is 25.8. The molecule has 7 N–H and O–H groups in total. The number of phenolic OH excluding ortho intramolecular Hbond substituents is 1. The molecule has 0 bridgehead atoms. The van der Waals surface area contributed by atoms with E-state index in [9.17, 15) is 29.4 Å². The Morgan fingerprint density at radius 2 is 1.53 bits per heavy atom. The molecule has 0 saturated carbocycles. The molecule has 0 heterocycles. The van der Waals surface area contributed by atoms with Gasteiger partial charge in [-0.3, -0.25) is 14.4 Å². The molecule has 34 heavy (non-hydrogen) atoms. The predicted octanol–water partition coefficient (Wildman–Crippen LogP) is 0.620. The van der Waals surface area contributed by atoms with Gasteiger partial charge in [0.05, 0.1) is 6.04 Å². The number of carbonyl (C=O) groups excluding carboxylic acids is 3. The van der Waals surface area contributed by atoms with Gasteiger partial charge in [-0.15, -0.1) is 0 Å². The lowest BCUT2D eigenvalue weighted by molar-refractivity contribution is -0.142. The van der Waals surface area contributed by atoms with Crippen molar-refractivity contribution in [1.29, 1.82) is 0 Å². The number of carboxylic acids is 1. The first-order valence-corrected chi connectivity index (χ1v) is 12.5. The lowest BCUT2D eigenvalue weighted by atomic mass is 10.0. The SMILES string of the molecule is CSCCC(NC(=O)C(N)CC(C)C)C(=O)NC(C)C(=O)NC(Cc1ccc(O)cc1)C(=O)O. The Balaban J connectivity index is 2.77. The Bertz CT molecular complexity index is 833. The van der Waals surface area contributed by atoms with Crippen LogP contribution < -0.4 is 21.7 Å². The first-order valence-electron chi connectivity index (χ1n) is 11.1. The van der Waals surface area contributed by atoms with E-state index < -0.39 is 47.9 Å². The van der Waals surface area contributed by atoms with Crippen LogP contribution >= 0.6 is 11.8 Å². The van der Waals surface area contributed by atoms with Crippen LogP contribution in [-0.4, -0.2) is 70.1 Å². The molecule has 1 rings (SSSR count).